The normalized spacial score (nSPS) is 11.5. The summed E-state index contributed by atoms with van der Waals surface area (Å²) in [5.74, 6) is -1.17. The molecule has 0 aromatic heterocycles. The van der Waals surface area contributed by atoms with Gasteiger partial charge in [-0.1, -0.05) is 82.9 Å². The minimum atomic E-state index is -3.77. The third kappa shape index (κ3) is 12.5. The maximum absolute atomic E-state index is 11.2. The van der Waals surface area contributed by atoms with Gasteiger partial charge in [0.1, 0.15) is 0 Å². The van der Waals surface area contributed by atoms with Crippen LogP contribution < -0.4 is 0 Å². The Hall–Kier alpha value is -1.24. The summed E-state index contributed by atoms with van der Waals surface area (Å²) >= 11 is -3.77. The molecule has 0 fully saturated rings. The molecule has 0 heterocycles. The van der Waals surface area contributed by atoms with Crippen molar-refractivity contribution in [3.05, 3.63) is 45.0 Å². The van der Waals surface area contributed by atoms with Crippen LogP contribution in [-0.2, 0) is 12.6 Å². The molecule has 1 rings (SSSR count). The highest BCUT2D eigenvalue weighted by Gasteiger charge is 2.14. The van der Waals surface area contributed by atoms with Crippen LogP contribution in [0.3, 0.4) is 0 Å². The Morgan fingerprint density at radius 1 is 0.833 bits per heavy atom. The number of carboxylic acid groups (broad SMARTS) is 1. The van der Waals surface area contributed by atoms with E-state index in [0.29, 0.717) is 0 Å². The number of aromatic carboxylic acids is 1. The summed E-state index contributed by atoms with van der Waals surface area (Å²) in [6.45, 7) is 2.26. The first-order valence-corrected chi connectivity index (χ1v) is 14.5. The van der Waals surface area contributed by atoms with Crippen LogP contribution >= 0.6 is 19.8 Å². The van der Waals surface area contributed by atoms with Gasteiger partial charge >= 0.3 is 25.8 Å². The van der Waals surface area contributed by atoms with E-state index in [2.05, 4.69) is 19.1 Å². The van der Waals surface area contributed by atoms with E-state index in [4.69, 9.17) is 0 Å². The number of halogens is 1. The highest BCUT2D eigenvalue weighted by Crippen LogP contribution is 2.24. The van der Waals surface area contributed by atoms with Gasteiger partial charge in [0, 0.05) is 0 Å². The highest BCUT2D eigenvalue weighted by molar-refractivity contribution is 14.2. The number of hydrogen-bond donors (Lipinski definition) is 1. The van der Waals surface area contributed by atoms with Crippen LogP contribution in [0.25, 0.3) is 0 Å². The molecule has 0 aliphatic carbocycles. The molecule has 0 saturated carbocycles. The van der Waals surface area contributed by atoms with Crippen molar-refractivity contribution in [1.82, 2.24) is 0 Å². The Balaban J connectivity index is 2.05. The van der Waals surface area contributed by atoms with Crippen molar-refractivity contribution in [1.29, 1.82) is 0 Å². The zero-order valence-electron chi connectivity index (χ0n) is 18.5. The summed E-state index contributed by atoms with van der Waals surface area (Å²) in [5, 5.41) is 9.19. The van der Waals surface area contributed by atoms with Gasteiger partial charge in [-0.2, -0.15) is 0 Å². The van der Waals surface area contributed by atoms with E-state index in [1.165, 1.54) is 82.8 Å². The van der Waals surface area contributed by atoms with Gasteiger partial charge in [-0.3, -0.25) is 0 Å². The average molecular weight is 530 g/mol. The van der Waals surface area contributed by atoms with Crippen molar-refractivity contribution in [2.75, 3.05) is 0 Å². The van der Waals surface area contributed by atoms with Gasteiger partial charge in [-0.15, -0.1) is 0 Å². The molecule has 5 heteroatoms. The average Bonchev–Trinajstić information content (AvgIpc) is 2.73. The lowest BCUT2D eigenvalue weighted by atomic mass is 10.0. The smallest absolute Gasteiger partial charge is 0.341 e. The van der Waals surface area contributed by atoms with Crippen molar-refractivity contribution < 1.29 is 16.0 Å². The summed E-state index contributed by atoms with van der Waals surface area (Å²) in [6.07, 6.45) is 23.2. The molecule has 0 unspecified atom stereocenters. The summed E-state index contributed by atoms with van der Waals surface area (Å²) < 4.78 is 22.4. The number of carbonyl (C=O) groups is 1. The molecule has 0 spiro atoms. The number of unbranched alkanes of at least 4 members (excludes halogenated alkanes) is 12. The number of aryl methyl sites for hydroxylation is 1. The Labute approximate surface area is 189 Å². The molecule has 1 aromatic rings. The van der Waals surface area contributed by atoms with Gasteiger partial charge in [0.05, 0.1) is 9.13 Å². The molecule has 0 amide bonds. The lowest BCUT2D eigenvalue weighted by molar-refractivity contribution is 0.0695. The quantitative estimate of drug-likeness (QED) is 0.118. The third-order valence-corrected chi connectivity index (χ3v) is 7.29. The van der Waals surface area contributed by atoms with Gasteiger partial charge in [-0.05, 0) is 56.2 Å². The van der Waals surface area contributed by atoms with Crippen molar-refractivity contribution in [3.8, 4) is 0 Å². The summed E-state index contributed by atoms with van der Waals surface area (Å²) in [4.78, 5) is 11.2. The first-order chi connectivity index (χ1) is 14.6. The number of rotatable bonds is 18. The molecule has 0 radical (unpaired) electrons. The van der Waals surface area contributed by atoms with Crippen LogP contribution in [0.15, 0.2) is 30.4 Å². The number of allylic oxidation sites excluding steroid dienone is 2. The van der Waals surface area contributed by atoms with Crippen molar-refractivity contribution >= 4 is 25.8 Å². The maximum Gasteiger partial charge on any atom is 0.341 e. The Morgan fingerprint density at radius 2 is 1.37 bits per heavy atom. The van der Waals surface area contributed by atoms with Crippen LogP contribution in [0, 0.1) is 3.57 Å². The molecular weight excluding hydrogens is 491 g/mol. The van der Waals surface area contributed by atoms with Gasteiger partial charge in [0.25, 0.3) is 0 Å². The SMILES string of the molecule is CCCCCCCCCCC=CCCCCCCc1ccc(I(=O)=O)c(C(=O)O)c1. The second-order valence-corrected chi connectivity index (χ2v) is 10.4. The zero-order valence-corrected chi connectivity index (χ0v) is 20.7. The summed E-state index contributed by atoms with van der Waals surface area (Å²) in [5.41, 5.74) is 0.823. The maximum atomic E-state index is 11.2. The molecule has 1 aromatic carbocycles. The molecule has 0 saturated heterocycles. The van der Waals surface area contributed by atoms with Gasteiger partial charge < -0.3 is 5.11 Å². The van der Waals surface area contributed by atoms with Gasteiger partial charge in [-0.25, -0.2) is 10.9 Å². The fourth-order valence-electron chi connectivity index (χ4n) is 3.60. The minimum absolute atomic E-state index is 0.0192. The molecule has 170 valence electrons. The van der Waals surface area contributed by atoms with Crippen molar-refractivity contribution in [3.63, 3.8) is 0 Å². The second-order valence-electron chi connectivity index (χ2n) is 8.02. The fourth-order valence-corrected chi connectivity index (χ4v) is 4.94. The summed E-state index contributed by atoms with van der Waals surface area (Å²) in [7, 11) is 0. The molecule has 1 N–H and O–H groups in total. The number of hydrogen-bond acceptors (Lipinski definition) is 3. The zero-order chi connectivity index (χ0) is 22.0. The van der Waals surface area contributed by atoms with Gasteiger partial charge in [0.2, 0.25) is 0 Å². The molecular formula is C25H39IO4. The lowest BCUT2D eigenvalue weighted by Crippen LogP contribution is -2.01. The van der Waals surface area contributed by atoms with E-state index < -0.39 is 25.8 Å². The molecule has 0 aliphatic rings. The van der Waals surface area contributed by atoms with Crippen LogP contribution in [0.4, 0.5) is 0 Å². The minimum Gasteiger partial charge on any atom is -0.478 e. The number of benzene rings is 1. The topological polar surface area (TPSA) is 71.4 Å². The van der Waals surface area contributed by atoms with E-state index in [-0.39, 0.29) is 9.13 Å². The Bertz CT molecular complexity index is 699. The Morgan fingerprint density at radius 3 is 1.90 bits per heavy atom. The lowest BCUT2D eigenvalue weighted by Gasteiger charge is -2.05. The van der Waals surface area contributed by atoms with Crippen LogP contribution in [0.5, 0.6) is 0 Å². The third-order valence-electron chi connectivity index (χ3n) is 5.40. The van der Waals surface area contributed by atoms with Crippen molar-refractivity contribution in [2.45, 2.75) is 103 Å². The van der Waals surface area contributed by atoms with E-state index >= 15 is 0 Å². The number of carboxylic acids is 1. The predicted molar refractivity (Wildman–Crippen MR) is 131 cm³/mol. The van der Waals surface area contributed by atoms with E-state index in [1.54, 1.807) is 6.07 Å². The Kier molecular flexibility index (Phi) is 15.6. The van der Waals surface area contributed by atoms with Gasteiger partial charge in [0.15, 0.2) is 0 Å². The fraction of sp³-hybridized carbons (Fsp3) is 0.640. The standard InChI is InChI=1S/C25H39IO4/c1-2-3-4-5-6-7-8-9-10-11-12-13-14-15-16-17-18-22-19-20-24(26(29)30)23(21-22)25(27)28/h11-12,19-21H,2-10,13-18H2,1H3,(H,27,28). The molecule has 4 nitrogen and oxygen atoms in total. The molecule has 0 aliphatic heterocycles. The molecule has 0 bridgehead atoms. The van der Waals surface area contributed by atoms with Crippen LogP contribution in [0.2, 0.25) is 0 Å². The predicted octanol–water partition coefficient (Wildman–Crippen LogP) is 8.33. The van der Waals surface area contributed by atoms with Crippen molar-refractivity contribution in [2.24, 2.45) is 0 Å². The van der Waals surface area contributed by atoms with Crippen LogP contribution in [-0.4, -0.2) is 11.1 Å². The summed E-state index contributed by atoms with van der Waals surface area (Å²) in [6, 6.07) is 4.71. The largest absolute Gasteiger partial charge is 0.478 e. The van der Waals surface area contributed by atoms with E-state index in [9.17, 15) is 16.0 Å². The van der Waals surface area contributed by atoms with E-state index in [0.717, 1.165) is 31.2 Å². The highest BCUT2D eigenvalue weighted by atomic mass is 127. The molecule has 30 heavy (non-hydrogen) atoms. The first kappa shape index (κ1) is 26.8. The van der Waals surface area contributed by atoms with E-state index in [1.807, 2.05) is 0 Å². The molecule has 0 atom stereocenters. The monoisotopic (exact) mass is 530 g/mol. The van der Waals surface area contributed by atoms with Crippen LogP contribution in [0.1, 0.15) is 113 Å². The second kappa shape index (κ2) is 17.4. The first-order valence-electron chi connectivity index (χ1n) is 11.6.